The number of aryl methyl sites for hydroxylation is 2. The van der Waals surface area contributed by atoms with Gasteiger partial charge in [0.25, 0.3) is 0 Å². The van der Waals surface area contributed by atoms with E-state index in [2.05, 4.69) is 10.3 Å². The maximum atomic E-state index is 12.6. The number of nitrogens with zero attached hydrogens (tertiary/aromatic N) is 2. The minimum Gasteiger partial charge on any atom is -0.378 e. The number of carbonyl (C=O) groups is 1. The Morgan fingerprint density at radius 2 is 2.12 bits per heavy atom. The van der Waals surface area contributed by atoms with E-state index >= 15 is 0 Å². The van der Waals surface area contributed by atoms with E-state index < -0.39 is 0 Å². The molecule has 0 saturated carbocycles. The fraction of sp³-hybridized carbons (Fsp3) is 0.667. The lowest BCUT2D eigenvalue weighted by molar-refractivity contribution is -0.185. The Bertz CT molecular complexity index is 624. The van der Waals surface area contributed by atoms with Gasteiger partial charge >= 0.3 is 6.03 Å². The Balaban J connectivity index is 1.64. The minimum absolute atomic E-state index is 0.0716. The molecule has 1 atom stereocenters. The molecule has 0 aliphatic carbocycles. The van der Waals surface area contributed by atoms with Gasteiger partial charge in [0.15, 0.2) is 0 Å². The molecule has 6 nitrogen and oxygen atoms in total. The molecule has 3 heterocycles. The van der Waals surface area contributed by atoms with Crippen molar-refractivity contribution < 1.29 is 14.3 Å². The van der Waals surface area contributed by atoms with Crippen LogP contribution in [-0.2, 0) is 16.0 Å². The summed E-state index contributed by atoms with van der Waals surface area (Å²) in [5.74, 6) is 0. The van der Waals surface area contributed by atoms with Gasteiger partial charge in [-0.1, -0.05) is 6.07 Å². The minimum atomic E-state index is -0.373. The molecule has 24 heavy (non-hydrogen) atoms. The van der Waals surface area contributed by atoms with Crippen LogP contribution in [0.25, 0.3) is 0 Å². The molecule has 6 heteroatoms. The first-order valence-corrected chi connectivity index (χ1v) is 8.53. The van der Waals surface area contributed by atoms with Gasteiger partial charge in [-0.15, -0.1) is 0 Å². The number of rotatable bonds is 2. The Labute approximate surface area is 143 Å². The Morgan fingerprint density at radius 3 is 2.79 bits per heavy atom. The molecule has 0 radical (unpaired) electrons. The van der Waals surface area contributed by atoms with Crippen LogP contribution in [0.5, 0.6) is 0 Å². The van der Waals surface area contributed by atoms with Gasteiger partial charge in [0.05, 0.1) is 37.5 Å². The van der Waals surface area contributed by atoms with E-state index in [1.54, 1.807) is 0 Å². The van der Waals surface area contributed by atoms with E-state index in [1.807, 2.05) is 44.7 Å². The Hall–Kier alpha value is -1.66. The molecule has 1 aromatic heterocycles. The van der Waals surface area contributed by atoms with Crippen LogP contribution in [0.2, 0.25) is 0 Å². The van der Waals surface area contributed by atoms with Crippen molar-refractivity contribution in [2.75, 3.05) is 26.3 Å². The summed E-state index contributed by atoms with van der Waals surface area (Å²) < 4.78 is 11.8. The second-order valence-electron chi connectivity index (χ2n) is 7.57. The molecular weight excluding hydrogens is 306 g/mol. The number of amides is 2. The van der Waals surface area contributed by atoms with Crippen molar-refractivity contribution in [2.45, 2.75) is 51.9 Å². The average molecular weight is 333 g/mol. The van der Waals surface area contributed by atoms with Crippen molar-refractivity contribution in [3.05, 3.63) is 29.1 Å². The molecule has 0 bridgehead atoms. The molecule has 2 aliphatic heterocycles. The molecule has 0 aromatic carbocycles. The number of urea groups is 1. The highest BCUT2D eigenvalue weighted by atomic mass is 16.6. The molecule has 1 aromatic rings. The number of aromatic nitrogens is 1. The molecule has 132 valence electrons. The lowest BCUT2D eigenvalue weighted by Crippen LogP contribution is -2.62. The number of morpholine rings is 1. The second kappa shape index (κ2) is 6.33. The largest absolute Gasteiger partial charge is 0.378 e. The van der Waals surface area contributed by atoms with Crippen molar-refractivity contribution in [3.63, 3.8) is 0 Å². The van der Waals surface area contributed by atoms with E-state index in [9.17, 15) is 4.79 Å². The van der Waals surface area contributed by atoms with Crippen LogP contribution in [0.3, 0.4) is 0 Å². The van der Waals surface area contributed by atoms with E-state index in [-0.39, 0.29) is 17.2 Å². The zero-order chi connectivity index (χ0) is 17.4. The lowest BCUT2D eigenvalue weighted by atomic mass is 9.95. The summed E-state index contributed by atoms with van der Waals surface area (Å²) in [4.78, 5) is 19.0. The summed E-state index contributed by atoms with van der Waals surface area (Å²) in [5, 5.41) is 2.99. The fourth-order valence-electron chi connectivity index (χ4n) is 3.51. The number of pyridine rings is 1. The van der Waals surface area contributed by atoms with Crippen LogP contribution in [0.1, 0.15) is 37.2 Å². The van der Waals surface area contributed by atoms with Gasteiger partial charge < -0.3 is 19.7 Å². The van der Waals surface area contributed by atoms with E-state index in [0.29, 0.717) is 32.8 Å². The fourth-order valence-corrected chi connectivity index (χ4v) is 3.51. The highest BCUT2D eigenvalue weighted by molar-refractivity contribution is 5.74. The normalized spacial score (nSPS) is 25.9. The molecule has 1 N–H and O–H groups in total. The maximum absolute atomic E-state index is 12.6. The van der Waals surface area contributed by atoms with E-state index in [1.165, 1.54) is 0 Å². The SMILES string of the molecule is Cc1ccc(CNC(=O)N2CC(C)(C)OC3(CCOC3)C2)nc1C. The Morgan fingerprint density at radius 1 is 1.33 bits per heavy atom. The van der Waals surface area contributed by atoms with Crippen LogP contribution in [0, 0.1) is 13.8 Å². The number of ether oxygens (including phenoxy) is 2. The van der Waals surface area contributed by atoms with Gasteiger partial charge in [0.1, 0.15) is 5.60 Å². The zero-order valence-electron chi connectivity index (χ0n) is 15.0. The summed E-state index contributed by atoms with van der Waals surface area (Å²) in [6.07, 6.45) is 0.832. The summed E-state index contributed by atoms with van der Waals surface area (Å²) in [5.41, 5.74) is 2.29. The van der Waals surface area contributed by atoms with Gasteiger partial charge in [-0.25, -0.2) is 4.79 Å². The predicted molar refractivity (Wildman–Crippen MR) is 90.9 cm³/mol. The Kier molecular flexibility index (Phi) is 4.53. The third-order valence-electron chi connectivity index (χ3n) is 4.73. The third kappa shape index (κ3) is 3.70. The maximum Gasteiger partial charge on any atom is 0.317 e. The molecule has 2 saturated heterocycles. The lowest BCUT2D eigenvalue weighted by Gasteiger charge is -2.47. The highest BCUT2D eigenvalue weighted by Gasteiger charge is 2.47. The summed E-state index contributed by atoms with van der Waals surface area (Å²) >= 11 is 0. The van der Waals surface area contributed by atoms with Crippen LogP contribution >= 0.6 is 0 Å². The molecule has 1 unspecified atom stereocenters. The van der Waals surface area contributed by atoms with Gasteiger partial charge in [-0.05, 0) is 39.3 Å². The monoisotopic (exact) mass is 333 g/mol. The first-order chi connectivity index (χ1) is 11.3. The zero-order valence-corrected chi connectivity index (χ0v) is 15.0. The number of carbonyl (C=O) groups excluding carboxylic acids is 1. The molecule has 1 spiro atoms. The van der Waals surface area contributed by atoms with Crippen molar-refractivity contribution in [1.82, 2.24) is 15.2 Å². The van der Waals surface area contributed by atoms with Gasteiger partial charge in [0, 0.05) is 18.7 Å². The topological polar surface area (TPSA) is 63.7 Å². The predicted octanol–water partition coefficient (Wildman–Crippen LogP) is 2.18. The van der Waals surface area contributed by atoms with Crippen LogP contribution in [0.4, 0.5) is 4.79 Å². The molecule has 3 rings (SSSR count). The van der Waals surface area contributed by atoms with Crippen molar-refractivity contribution >= 4 is 6.03 Å². The average Bonchev–Trinajstić information content (AvgIpc) is 2.93. The van der Waals surface area contributed by atoms with Crippen molar-refractivity contribution in [2.24, 2.45) is 0 Å². The van der Waals surface area contributed by atoms with E-state index in [4.69, 9.17) is 9.47 Å². The molecule has 2 fully saturated rings. The highest BCUT2D eigenvalue weighted by Crippen LogP contribution is 2.34. The van der Waals surface area contributed by atoms with Crippen molar-refractivity contribution in [1.29, 1.82) is 0 Å². The summed E-state index contributed by atoms with van der Waals surface area (Å²) in [6.45, 7) is 10.9. The second-order valence-corrected chi connectivity index (χ2v) is 7.57. The van der Waals surface area contributed by atoms with Gasteiger partial charge in [0.2, 0.25) is 0 Å². The number of hydrogen-bond acceptors (Lipinski definition) is 4. The standard InChI is InChI=1S/C18H27N3O3/c1-13-5-6-15(20-14(13)2)9-19-16(22)21-10-17(3,4)24-18(11-21)7-8-23-12-18/h5-6H,7-12H2,1-4H3,(H,19,22). The molecule has 2 amide bonds. The number of nitrogens with one attached hydrogen (secondary N) is 1. The smallest absolute Gasteiger partial charge is 0.317 e. The van der Waals surface area contributed by atoms with E-state index in [0.717, 1.165) is 23.4 Å². The summed E-state index contributed by atoms with van der Waals surface area (Å²) in [6, 6.07) is 3.92. The van der Waals surface area contributed by atoms with Gasteiger partial charge in [-0.3, -0.25) is 4.98 Å². The van der Waals surface area contributed by atoms with Crippen molar-refractivity contribution in [3.8, 4) is 0 Å². The first-order valence-electron chi connectivity index (χ1n) is 8.53. The quantitative estimate of drug-likeness (QED) is 0.901. The first kappa shape index (κ1) is 17.2. The van der Waals surface area contributed by atoms with Crippen LogP contribution < -0.4 is 5.32 Å². The van der Waals surface area contributed by atoms with Gasteiger partial charge in [-0.2, -0.15) is 0 Å². The molecular formula is C18H27N3O3. The molecule has 2 aliphatic rings. The van der Waals surface area contributed by atoms with Crippen LogP contribution in [0.15, 0.2) is 12.1 Å². The van der Waals surface area contributed by atoms with Crippen LogP contribution in [-0.4, -0.2) is 53.4 Å². The number of hydrogen-bond donors (Lipinski definition) is 1. The third-order valence-corrected chi connectivity index (χ3v) is 4.73. The summed E-state index contributed by atoms with van der Waals surface area (Å²) in [7, 11) is 0.